The van der Waals surface area contributed by atoms with Crippen molar-refractivity contribution in [1.29, 1.82) is 0 Å². The maximum atomic E-state index is 13.3. The molecule has 4 aromatic rings. The molecule has 0 aliphatic rings. The summed E-state index contributed by atoms with van der Waals surface area (Å²) in [6.45, 7) is 4.47. The first kappa shape index (κ1) is 22.1. The number of halogens is 1. The fraction of sp³-hybridized carbons (Fsp3) is 0.292. The van der Waals surface area contributed by atoms with Gasteiger partial charge in [0.05, 0.1) is 0 Å². The molecule has 2 aromatic carbocycles. The van der Waals surface area contributed by atoms with E-state index in [0.717, 1.165) is 16.5 Å². The van der Waals surface area contributed by atoms with E-state index in [-0.39, 0.29) is 5.82 Å². The zero-order valence-corrected chi connectivity index (χ0v) is 18.7. The lowest BCUT2D eigenvalue weighted by atomic mass is 9.99. The van der Waals surface area contributed by atoms with E-state index in [2.05, 4.69) is 15.5 Å². The minimum absolute atomic E-state index is 0.326. The quantitative estimate of drug-likeness (QED) is 0.360. The van der Waals surface area contributed by atoms with Crippen LogP contribution >= 0.6 is 11.3 Å². The average molecular weight is 454 g/mol. The van der Waals surface area contributed by atoms with Gasteiger partial charge in [0.15, 0.2) is 5.01 Å². The Labute approximate surface area is 188 Å². The summed E-state index contributed by atoms with van der Waals surface area (Å²) in [6, 6.07) is 13.2. The van der Waals surface area contributed by atoms with Crippen LogP contribution in [0.5, 0.6) is 0 Å². The average Bonchev–Trinajstić information content (AvgIpc) is 3.28. The van der Waals surface area contributed by atoms with Crippen LogP contribution in [0.2, 0.25) is 0 Å². The van der Waals surface area contributed by atoms with E-state index in [9.17, 15) is 14.3 Å². The molecule has 2 aromatic heterocycles. The predicted molar refractivity (Wildman–Crippen MR) is 124 cm³/mol. The van der Waals surface area contributed by atoms with Crippen molar-refractivity contribution in [2.45, 2.75) is 38.7 Å². The number of hydrogen-bond donors (Lipinski definition) is 2. The fourth-order valence-corrected chi connectivity index (χ4v) is 4.58. The van der Waals surface area contributed by atoms with Gasteiger partial charge in [0.25, 0.3) is 0 Å². The maximum absolute atomic E-state index is 13.3. The van der Waals surface area contributed by atoms with Gasteiger partial charge < -0.3 is 14.8 Å². The zero-order chi connectivity index (χ0) is 22.7. The number of aromatic nitrogens is 2. The second-order valence-electron chi connectivity index (χ2n) is 7.64. The van der Waals surface area contributed by atoms with Gasteiger partial charge in [-0.25, -0.2) is 9.18 Å². The molecule has 2 heterocycles. The lowest BCUT2D eigenvalue weighted by Gasteiger charge is -2.21. The summed E-state index contributed by atoms with van der Waals surface area (Å²) < 4.78 is 18.7. The number of nitrogens with one attached hydrogen (secondary N) is 1. The van der Waals surface area contributed by atoms with E-state index in [4.69, 9.17) is 4.42 Å². The molecule has 8 heteroatoms. The largest absolute Gasteiger partial charge is 0.423 e. The number of nitrogens with zero attached hydrogens (tertiary/aromatic N) is 2. The Morgan fingerprint density at radius 1 is 1.09 bits per heavy atom. The zero-order valence-electron chi connectivity index (χ0n) is 17.9. The van der Waals surface area contributed by atoms with Gasteiger partial charge in [-0.2, -0.15) is 0 Å². The minimum Gasteiger partial charge on any atom is -0.423 e. The third-order valence-electron chi connectivity index (χ3n) is 5.65. The molecule has 2 N–H and O–H groups in total. The molecule has 0 saturated carbocycles. The highest BCUT2D eigenvalue weighted by Gasteiger charge is 2.29. The topological polar surface area (TPSA) is 88.3 Å². The monoisotopic (exact) mass is 453 g/mol. The molecule has 0 spiro atoms. The highest BCUT2D eigenvalue weighted by molar-refractivity contribution is 7.15. The summed E-state index contributed by atoms with van der Waals surface area (Å²) in [5, 5.41) is 24.2. The van der Waals surface area contributed by atoms with E-state index in [1.165, 1.54) is 29.5 Å². The van der Waals surface area contributed by atoms with E-state index >= 15 is 0 Å². The van der Waals surface area contributed by atoms with E-state index < -0.39 is 11.2 Å². The normalized spacial score (nSPS) is 11.8. The molecule has 0 fully saturated rings. The van der Waals surface area contributed by atoms with E-state index in [0.29, 0.717) is 47.1 Å². The van der Waals surface area contributed by atoms with Crippen LogP contribution in [0.1, 0.15) is 37.3 Å². The second kappa shape index (κ2) is 9.18. The van der Waals surface area contributed by atoms with Crippen LogP contribution in [0.25, 0.3) is 22.1 Å². The fourth-order valence-electron chi connectivity index (χ4n) is 3.58. The molecule has 0 saturated heterocycles. The van der Waals surface area contributed by atoms with Gasteiger partial charge in [-0.3, -0.25) is 0 Å². The molecule has 32 heavy (non-hydrogen) atoms. The Morgan fingerprint density at radius 3 is 2.56 bits per heavy atom. The Balaban J connectivity index is 1.50. The van der Waals surface area contributed by atoms with Crippen molar-refractivity contribution in [2.24, 2.45) is 0 Å². The Hall–Kier alpha value is -3.10. The molecule has 4 rings (SSSR count). The number of hydrogen-bond acceptors (Lipinski definition) is 7. The SMILES string of the molecule is CCC(O)(CC)c1nnc(NCCc2ccc3c(-c4ccc(F)cc4)cc(=O)oc3c2)s1. The van der Waals surface area contributed by atoms with Gasteiger partial charge in [0.2, 0.25) is 5.13 Å². The first-order valence-electron chi connectivity index (χ1n) is 10.5. The smallest absolute Gasteiger partial charge is 0.336 e. The third kappa shape index (κ3) is 4.56. The van der Waals surface area contributed by atoms with Crippen molar-refractivity contribution < 1.29 is 13.9 Å². The number of anilines is 1. The molecule has 0 aliphatic carbocycles. The number of aliphatic hydroxyl groups is 1. The number of benzene rings is 2. The van der Waals surface area contributed by atoms with Gasteiger partial charge in [-0.05, 0) is 54.2 Å². The second-order valence-corrected chi connectivity index (χ2v) is 8.62. The molecule has 0 atom stereocenters. The molecular formula is C24H24FN3O3S. The van der Waals surface area contributed by atoms with Gasteiger partial charge >= 0.3 is 5.63 Å². The molecule has 0 unspecified atom stereocenters. The highest BCUT2D eigenvalue weighted by atomic mass is 32.1. The summed E-state index contributed by atoms with van der Waals surface area (Å²) in [6.07, 6.45) is 1.85. The van der Waals surface area contributed by atoms with Crippen LogP contribution in [0.3, 0.4) is 0 Å². The lowest BCUT2D eigenvalue weighted by molar-refractivity contribution is 0.0275. The first-order chi connectivity index (χ1) is 15.4. The first-order valence-corrected chi connectivity index (χ1v) is 11.4. The summed E-state index contributed by atoms with van der Waals surface area (Å²) in [5.41, 5.74) is 1.56. The van der Waals surface area contributed by atoms with Crippen molar-refractivity contribution in [1.82, 2.24) is 10.2 Å². The summed E-state index contributed by atoms with van der Waals surface area (Å²) >= 11 is 1.36. The molecule has 0 bridgehead atoms. The van der Waals surface area contributed by atoms with Crippen LogP contribution in [0.4, 0.5) is 9.52 Å². The van der Waals surface area contributed by atoms with Crippen LogP contribution < -0.4 is 10.9 Å². The predicted octanol–water partition coefficient (Wildman–Crippen LogP) is 5.11. The summed E-state index contributed by atoms with van der Waals surface area (Å²) in [7, 11) is 0. The molecule has 6 nitrogen and oxygen atoms in total. The maximum Gasteiger partial charge on any atom is 0.336 e. The van der Waals surface area contributed by atoms with E-state index in [1.807, 2.05) is 32.0 Å². The van der Waals surface area contributed by atoms with Gasteiger partial charge in [-0.15, -0.1) is 10.2 Å². The highest BCUT2D eigenvalue weighted by Crippen LogP contribution is 2.32. The Bertz CT molecular complexity index is 1280. The van der Waals surface area contributed by atoms with Crippen molar-refractivity contribution in [3.05, 3.63) is 75.3 Å². The van der Waals surface area contributed by atoms with Gasteiger partial charge in [0, 0.05) is 18.0 Å². The number of fused-ring (bicyclic) bond motifs is 1. The molecule has 0 aliphatic heterocycles. The third-order valence-corrected chi connectivity index (χ3v) is 6.72. The van der Waals surface area contributed by atoms with Gasteiger partial charge in [0.1, 0.15) is 17.0 Å². The standard InChI is InChI=1S/C24H24FN3O3S/c1-3-24(30,4-2)22-27-28-23(32-22)26-12-11-15-5-10-18-19(14-21(29)31-20(18)13-15)16-6-8-17(25)9-7-16/h5-10,13-14,30H,3-4,11-12H2,1-2H3,(H,26,28). The van der Waals surface area contributed by atoms with Crippen LogP contribution in [0, 0.1) is 5.82 Å². The number of rotatable bonds is 8. The van der Waals surface area contributed by atoms with Crippen LogP contribution in [-0.2, 0) is 12.0 Å². The lowest BCUT2D eigenvalue weighted by Crippen LogP contribution is -2.23. The Kier molecular flexibility index (Phi) is 6.34. The van der Waals surface area contributed by atoms with E-state index in [1.54, 1.807) is 12.1 Å². The van der Waals surface area contributed by atoms with Gasteiger partial charge in [-0.1, -0.05) is 49.4 Å². The van der Waals surface area contributed by atoms with Crippen LogP contribution in [0.15, 0.2) is 57.7 Å². The van der Waals surface area contributed by atoms with Crippen molar-refractivity contribution in [3.8, 4) is 11.1 Å². The Morgan fingerprint density at radius 2 is 1.84 bits per heavy atom. The molecular weight excluding hydrogens is 429 g/mol. The summed E-state index contributed by atoms with van der Waals surface area (Å²) in [5.74, 6) is -0.326. The summed E-state index contributed by atoms with van der Waals surface area (Å²) in [4.78, 5) is 12.1. The molecule has 0 amide bonds. The van der Waals surface area contributed by atoms with Crippen molar-refractivity contribution >= 4 is 27.4 Å². The minimum atomic E-state index is -0.935. The van der Waals surface area contributed by atoms with Crippen LogP contribution in [-0.4, -0.2) is 21.8 Å². The van der Waals surface area contributed by atoms with Crippen molar-refractivity contribution in [2.75, 3.05) is 11.9 Å². The molecule has 0 radical (unpaired) electrons. The molecule has 166 valence electrons. The van der Waals surface area contributed by atoms with Crippen molar-refractivity contribution in [3.63, 3.8) is 0 Å².